The van der Waals surface area contributed by atoms with Crippen LogP contribution in [0.15, 0.2) is 96.4 Å². The van der Waals surface area contributed by atoms with Crippen LogP contribution in [0.2, 0.25) is 0 Å². The van der Waals surface area contributed by atoms with E-state index in [2.05, 4.69) is 11.4 Å². The summed E-state index contributed by atoms with van der Waals surface area (Å²) in [5.74, 6) is 3.13. The molecule has 0 bridgehead atoms. The molecule has 0 aliphatic rings. The van der Waals surface area contributed by atoms with Crippen molar-refractivity contribution in [2.75, 3.05) is 0 Å². The maximum Gasteiger partial charge on any atom is 0.139 e. The lowest BCUT2D eigenvalue weighted by Gasteiger charge is -2.13. The molecule has 25 heavy (non-hydrogen) atoms. The predicted molar refractivity (Wildman–Crippen MR) is 103 cm³/mol. The molecule has 3 heteroatoms. The molecule has 0 saturated carbocycles. The molecule has 1 heterocycles. The SMILES string of the molecule is c1ccc(Oc2ccc(-c3cccs3)c(Oc3ccccc3)c2)cc1. The quantitative estimate of drug-likeness (QED) is 0.388. The van der Waals surface area contributed by atoms with Gasteiger partial charge in [-0.15, -0.1) is 11.3 Å². The highest BCUT2D eigenvalue weighted by molar-refractivity contribution is 7.13. The summed E-state index contributed by atoms with van der Waals surface area (Å²) >= 11 is 1.69. The summed E-state index contributed by atoms with van der Waals surface area (Å²) in [7, 11) is 0. The van der Waals surface area contributed by atoms with Crippen molar-refractivity contribution in [2.45, 2.75) is 0 Å². The number of thiophene rings is 1. The molecule has 0 aliphatic carbocycles. The Kier molecular flexibility index (Phi) is 4.49. The van der Waals surface area contributed by atoms with Crippen LogP contribution in [0.5, 0.6) is 23.0 Å². The molecule has 4 aromatic rings. The predicted octanol–water partition coefficient (Wildman–Crippen LogP) is 7.00. The van der Waals surface area contributed by atoms with Crippen LogP contribution in [0.3, 0.4) is 0 Å². The number of para-hydroxylation sites is 2. The Balaban J connectivity index is 1.70. The minimum Gasteiger partial charge on any atom is -0.457 e. The highest BCUT2D eigenvalue weighted by Gasteiger charge is 2.11. The Labute approximate surface area is 150 Å². The highest BCUT2D eigenvalue weighted by Crippen LogP contribution is 2.39. The first-order valence-electron chi connectivity index (χ1n) is 8.02. The van der Waals surface area contributed by atoms with E-state index >= 15 is 0 Å². The molecule has 0 fully saturated rings. The standard InChI is InChI=1S/C22H16O2S/c1-3-8-17(9-4-1)23-19-13-14-20(22-12-7-15-25-22)21(16-19)24-18-10-5-2-6-11-18/h1-16H. The average molecular weight is 344 g/mol. The van der Waals surface area contributed by atoms with Crippen LogP contribution < -0.4 is 9.47 Å². The number of benzene rings is 3. The fraction of sp³-hybridized carbons (Fsp3) is 0. The molecule has 2 nitrogen and oxygen atoms in total. The Morgan fingerprint density at radius 3 is 1.88 bits per heavy atom. The summed E-state index contributed by atoms with van der Waals surface area (Å²) in [6.07, 6.45) is 0. The number of rotatable bonds is 5. The number of ether oxygens (including phenoxy) is 2. The lowest BCUT2D eigenvalue weighted by molar-refractivity contribution is 0.461. The third kappa shape index (κ3) is 3.73. The molecule has 0 radical (unpaired) electrons. The molecule has 122 valence electrons. The van der Waals surface area contributed by atoms with Crippen molar-refractivity contribution in [1.82, 2.24) is 0 Å². The van der Waals surface area contributed by atoms with E-state index in [1.807, 2.05) is 84.9 Å². The summed E-state index contributed by atoms with van der Waals surface area (Å²) in [6.45, 7) is 0. The minimum atomic E-state index is 0.748. The van der Waals surface area contributed by atoms with Gasteiger partial charge in [-0.3, -0.25) is 0 Å². The molecule has 1 aromatic heterocycles. The zero-order valence-electron chi connectivity index (χ0n) is 13.5. The molecule has 0 spiro atoms. The third-order valence-electron chi connectivity index (χ3n) is 3.69. The Bertz CT molecular complexity index is 932. The fourth-order valence-electron chi connectivity index (χ4n) is 2.53. The van der Waals surface area contributed by atoms with Gasteiger partial charge in [-0.05, 0) is 47.8 Å². The van der Waals surface area contributed by atoms with Crippen LogP contribution in [0.1, 0.15) is 0 Å². The lowest BCUT2D eigenvalue weighted by Crippen LogP contribution is -1.90. The van der Waals surface area contributed by atoms with Crippen LogP contribution in [-0.4, -0.2) is 0 Å². The molecular formula is C22H16O2S. The van der Waals surface area contributed by atoms with Gasteiger partial charge in [0.2, 0.25) is 0 Å². The molecule has 0 saturated heterocycles. The van der Waals surface area contributed by atoms with Gasteiger partial charge in [0, 0.05) is 16.5 Å². The maximum atomic E-state index is 6.14. The van der Waals surface area contributed by atoms with Crippen molar-refractivity contribution in [3.05, 3.63) is 96.4 Å². The van der Waals surface area contributed by atoms with Crippen molar-refractivity contribution in [2.24, 2.45) is 0 Å². The molecule has 0 unspecified atom stereocenters. The second-order valence-electron chi connectivity index (χ2n) is 5.47. The average Bonchev–Trinajstić information content (AvgIpc) is 3.18. The van der Waals surface area contributed by atoms with E-state index in [9.17, 15) is 0 Å². The monoisotopic (exact) mass is 344 g/mol. The molecule has 0 amide bonds. The number of hydrogen-bond acceptors (Lipinski definition) is 3. The summed E-state index contributed by atoms with van der Waals surface area (Å²) in [6, 6.07) is 29.6. The lowest BCUT2D eigenvalue weighted by atomic mass is 10.1. The second-order valence-corrected chi connectivity index (χ2v) is 6.41. The van der Waals surface area contributed by atoms with E-state index in [1.165, 1.54) is 0 Å². The van der Waals surface area contributed by atoms with Crippen molar-refractivity contribution in [3.63, 3.8) is 0 Å². The van der Waals surface area contributed by atoms with Crippen LogP contribution >= 0.6 is 11.3 Å². The van der Waals surface area contributed by atoms with Gasteiger partial charge in [0.15, 0.2) is 0 Å². The molecule has 3 aromatic carbocycles. The summed E-state index contributed by atoms with van der Waals surface area (Å²) < 4.78 is 12.1. The normalized spacial score (nSPS) is 10.4. The van der Waals surface area contributed by atoms with Crippen molar-refractivity contribution in [3.8, 4) is 33.4 Å². The van der Waals surface area contributed by atoms with Crippen molar-refractivity contribution in [1.29, 1.82) is 0 Å². The van der Waals surface area contributed by atoms with Crippen LogP contribution in [0.4, 0.5) is 0 Å². The highest BCUT2D eigenvalue weighted by atomic mass is 32.1. The summed E-state index contributed by atoms with van der Waals surface area (Å²) in [5, 5.41) is 2.07. The smallest absolute Gasteiger partial charge is 0.139 e. The van der Waals surface area contributed by atoms with Gasteiger partial charge in [-0.1, -0.05) is 42.5 Å². The van der Waals surface area contributed by atoms with E-state index in [0.29, 0.717) is 0 Å². The zero-order valence-corrected chi connectivity index (χ0v) is 14.3. The van der Waals surface area contributed by atoms with Gasteiger partial charge >= 0.3 is 0 Å². The minimum absolute atomic E-state index is 0.748. The molecule has 0 atom stereocenters. The molecular weight excluding hydrogens is 328 g/mol. The first-order chi connectivity index (χ1) is 12.4. The molecule has 4 rings (SSSR count). The maximum absolute atomic E-state index is 6.14. The van der Waals surface area contributed by atoms with Crippen molar-refractivity contribution >= 4 is 11.3 Å². The van der Waals surface area contributed by atoms with Crippen LogP contribution in [0, 0.1) is 0 Å². The van der Waals surface area contributed by atoms with Gasteiger partial charge in [0.05, 0.1) is 0 Å². The molecule has 0 N–H and O–H groups in total. The zero-order chi connectivity index (χ0) is 16.9. The Hall–Kier alpha value is -3.04. The van der Waals surface area contributed by atoms with Crippen LogP contribution in [-0.2, 0) is 0 Å². The Morgan fingerprint density at radius 1 is 0.560 bits per heavy atom. The van der Waals surface area contributed by atoms with Gasteiger partial charge in [0.25, 0.3) is 0 Å². The first-order valence-corrected chi connectivity index (χ1v) is 8.90. The van der Waals surface area contributed by atoms with E-state index in [4.69, 9.17) is 9.47 Å². The largest absolute Gasteiger partial charge is 0.457 e. The van der Waals surface area contributed by atoms with Gasteiger partial charge < -0.3 is 9.47 Å². The fourth-order valence-corrected chi connectivity index (χ4v) is 3.28. The summed E-state index contributed by atoms with van der Waals surface area (Å²) in [5.41, 5.74) is 1.05. The second kappa shape index (κ2) is 7.24. The third-order valence-corrected chi connectivity index (χ3v) is 4.59. The van der Waals surface area contributed by atoms with Crippen molar-refractivity contribution < 1.29 is 9.47 Å². The summed E-state index contributed by atoms with van der Waals surface area (Å²) in [4.78, 5) is 1.16. The van der Waals surface area contributed by atoms with E-state index in [-0.39, 0.29) is 0 Å². The topological polar surface area (TPSA) is 18.5 Å². The van der Waals surface area contributed by atoms with Gasteiger partial charge in [0.1, 0.15) is 23.0 Å². The van der Waals surface area contributed by atoms with Crippen LogP contribution in [0.25, 0.3) is 10.4 Å². The van der Waals surface area contributed by atoms with Gasteiger partial charge in [-0.25, -0.2) is 0 Å². The van der Waals surface area contributed by atoms with E-state index in [1.54, 1.807) is 11.3 Å². The first kappa shape index (κ1) is 15.5. The van der Waals surface area contributed by atoms with Gasteiger partial charge in [-0.2, -0.15) is 0 Å². The number of hydrogen-bond donors (Lipinski definition) is 0. The van der Waals surface area contributed by atoms with E-state index in [0.717, 1.165) is 33.4 Å². The Morgan fingerprint density at radius 2 is 1.24 bits per heavy atom. The van der Waals surface area contributed by atoms with E-state index < -0.39 is 0 Å². The molecule has 0 aliphatic heterocycles.